The van der Waals surface area contributed by atoms with Gasteiger partial charge in [0.25, 0.3) is 0 Å². The second-order valence-electron chi connectivity index (χ2n) is 2.59. The molecule has 0 aliphatic carbocycles. The number of carbonyl (C=O) groups is 1. The third-order valence-corrected chi connectivity index (χ3v) is 2.72. The Balaban J connectivity index is 2.58. The van der Waals surface area contributed by atoms with E-state index >= 15 is 0 Å². The molecule has 1 heterocycles. The second kappa shape index (κ2) is 4.84. The van der Waals surface area contributed by atoms with Crippen molar-refractivity contribution in [3.05, 3.63) is 22.4 Å². The molecule has 0 radical (unpaired) electrons. The highest BCUT2D eigenvalue weighted by atomic mass is 32.1. The molecule has 0 spiro atoms. The van der Waals surface area contributed by atoms with Crippen molar-refractivity contribution in [3.8, 4) is 0 Å². The Kier molecular flexibility index (Phi) is 3.72. The maximum Gasteiger partial charge on any atom is 0.329 e. The summed E-state index contributed by atoms with van der Waals surface area (Å²) in [7, 11) is 0. The molecule has 4 nitrogen and oxygen atoms in total. The van der Waals surface area contributed by atoms with Gasteiger partial charge in [-0.2, -0.15) is 0 Å². The molecule has 0 aromatic carbocycles. The number of urea groups is 1. The van der Waals surface area contributed by atoms with Crippen molar-refractivity contribution in [2.75, 3.05) is 0 Å². The Morgan fingerprint density at radius 1 is 1.77 bits per heavy atom. The standard InChI is InChI=1S/C8H13N3OS/c1-2-6(10-8(12)11-9)7-4-3-5-13-7/h3-6H,2,9H2,1H3,(H2,10,11,12). The summed E-state index contributed by atoms with van der Waals surface area (Å²) in [4.78, 5) is 12.1. The van der Waals surface area contributed by atoms with E-state index in [1.807, 2.05) is 29.9 Å². The normalized spacial score (nSPS) is 12.2. The number of amides is 2. The zero-order valence-electron chi connectivity index (χ0n) is 7.41. The largest absolute Gasteiger partial charge is 0.329 e. The first-order chi connectivity index (χ1) is 6.27. The van der Waals surface area contributed by atoms with Gasteiger partial charge in [-0.15, -0.1) is 11.3 Å². The third-order valence-electron chi connectivity index (χ3n) is 1.73. The number of rotatable bonds is 3. The van der Waals surface area contributed by atoms with E-state index in [4.69, 9.17) is 5.84 Å². The molecule has 0 saturated heterocycles. The van der Waals surface area contributed by atoms with Crippen LogP contribution in [0.5, 0.6) is 0 Å². The summed E-state index contributed by atoms with van der Waals surface area (Å²) < 4.78 is 0. The van der Waals surface area contributed by atoms with Crippen molar-refractivity contribution in [1.82, 2.24) is 10.7 Å². The van der Waals surface area contributed by atoms with Crippen LogP contribution >= 0.6 is 11.3 Å². The van der Waals surface area contributed by atoms with Gasteiger partial charge in [0.2, 0.25) is 0 Å². The van der Waals surface area contributed by atoms with Gasteiger partial charge in [-0.05, 0) is 17.9 Å². The molecule has 0 bridgehead atoms. The summed E-state index contributed by atoms with van der Waals surface area (Å²) >= 11 is 1.62. The molecule has 1 aromatic rings. The lowest BCUT2D eigenvalue weighted by molar-refractivity contribution is 0.237. The highest BCUT2D eigenvalue weighted by Crippen LogP contribution is 2.21. The maximum absolute atomic E-state index is 10.9. The number of hydrogen-bond acceptors (Lipinski definition) is 3. The van der Waals surface area contributed by atoms with Crippen molar-refractivity contribution < 1.29 is 4.79 Å². The van der Waals surface area contributed by atoms with Crippen LogP contribution in [0.3, 0.4) is 0 Å². The van der Waals surface area contributed by atoms with Crippen LogP contribution in [-0.4, -0.2) is 6.03 Å². The van der Waals surface area contributed by atoms with E-state index in [0.29, 0.717) is 0 Å². The van der Waals surface area contributed by atoms with Crippen LogP contribution < -0.4 is 16.6 Å². The molecule has 0 fully saturated rings. The first kappa shape index (κ1) is 10.0. The van der Waals surface area contributed by atoms with E-state index in [0.717, 1.165) is 11.3 Å². The number of thiophene rings is 1. The first-order valence-electron chi connectivity index (χ1n) is 4.08. The summed E-state index contributed by atoms with van der Waals surface area (Å²) in [6.07, 6.45) is 0.855. The topological polar surface area (TPSA) is 67.2 Å². The molecular formula is C8H13N3OS. The second-order valence-corrected chi connectivity index (χ2v) is 3.57. The zero-order valence-corrected chi connectivity index (χ0v) is 8.23. The Morgan fingerprint density at radius 2 is 2.54 bits per heavy atom. The third kappa shape index (κ3) is 2.71. The predicted molar refractivity (Wildman–Crippen MR) is 53.2 cm³/mol. The summed E-state index contributed by atoms with van der Waals surface area (Å²) in [5.74, 6) is 4.97. The van der Waals surface area contributed by atoms with Crippen LogP contribution in [0.2, 0.25) is 0 Å². The molecule has 1 aromatic heterocycles. The van der Waals surface area contributed by atoms with E-state index < -0.39 is 0 Å². The lowest BCUT2D eigenvalue weighted by Crippen LogP contribution is -2.41. The van der Waals surface area contributed by atoms with Crippen molar-refractivity contribution >= 4 is 17.4 Å². The number of nitrogens with two attached hydrogens (primary N) is 1. The Labute approximate surface area is 81.1 Å². The van der Waals surface area contributed by atoms with Crippen LogP contribution in [0.1, 0.15) is 24.3 Å². The highest BCUT2D eigenvalue weighted by molar-refractivity contribution is 7.10. The Morgan fingerprint density at radius 3 is 3.00 bits per heavy atom. The van der Waals surface area contributed by atoms with Crippen LogP contribution in [-0.2, 0) is 0 Å². The molecule has 1 unspecified atom stereocenters. The fourth-order valence-corrected chi connectivity index (χ4v) is 1.93. The Hall–Kier alpha value is -1.07. The van der Waals surface area contributed by atoms with Gasteiger partial charge in [0.1, 0.15) is 0 Å². The van der Waals surface area contributed by atoms with Gasteiger partial charge in [-0.25, -0.2) is 10.6 Å². The van der Waals surface area contributed by atoms with E-state index in [-0.39, 0.29) is 12.1 Å². The monoisotopic (exact) mass is 199 g/mol. The lowest BCUT2D eigenvalue weighted by atomic mass is 10.2. The average Bonchev–Trinajstić information content (AvgIpc) is 2.66. The lowest BCUT2D eigenvalue weighted by Gasteiger charge is -2.14. The summed E-state index contributed by atoms with van der Waals surface area (Å²) in [5, 5.41) is 4.74. The molecule has 0 saturated carbocycles. The number of hydrazine groups is 1. The van der Waals surface area contributed by atoms with Crippen LogP contribution in [0.4, 0.5) is 4.79 Å². The molecule has 1 rings (SSSR count). The molecule has 1 atom stereocenters. The molecular weight excluding hydrogens is 186 g/mol. The maximum atomic E-state index is 10.9. The van der Waals surface area contributed by atoms with E-state index in [2.05, 4.69) is 5.32 Å². The van der Waals surface area contributed by atoms with Gasteiger partial charge in [-0.1, -0.05) is 13.0 Å². The predicted octanol–water partition coefficient (Wildman–Crippen LogP) is 1.37. The van der Waals surface area contributed by atoms with Gasteiger partial charge in [0.15, 0.2) is 0 Å². The minimum absolute atomic E-state index is 0.0588. The zero-order chi connectivity index (χ0) is 9.68. The molecule has 4 N–H and O–H groups in total. The summed E-state index contributed by atoms with van der Waals surface area (Å²) in [6.45, 7) is 2.02. The van der Waals surface area contributed by atoms with Crippen molar-refractivity contribution in [1.29, 1.82) is 0 Å². The quantitative estimate of drug-likeness (QED) is 0.391. The van der Waals surface area contributed by atoms with Crippen LogP contribution in [0.25, 0.3) is 0 Å². The minimum atomic E-state index is -0.347. The summed E-state index contributed by atoms with van der Waals surface area (Å²) in [6, 6.07) is 3.67. The van der Waals surface area contributed by atoms with Crippen LogP contribution in [0, 0.1) is 0 Å². The number of carbonyl (C=O) groups excluding carboxylic acids is 1. The smallest absolute Gasteiger partial charge is 0.329 e. The van der Waals surface area contributed by atoms with E-state index in [1.165, 1.54) is 0 Å². The van der Waals surface area contributed by atoms with E-state index in [9.17, 15) is 4.79 Å². The van der Waals surface area contributed by atoms with Gasteiger partial charge in [0, 0.05) is 4.88 Å². The van der Waals surface area contributed by atoms with Crippen molar-refractivity contribution in [3.63, 3.8) is 0 Å². The highest BCUT2D eigenvalue weighted by Gasteiger charge is 2.11. The minimum Gasteiger partial charge on any atom is -0.329 e. The first-order valence-corrected chi connectivity index (χ1v) is 4.96. The van der Waals surface area contributed by atoms with E-state index in [1.54, 1.807) is 11.3 Å². The van der Waals surface area contributed by atoms with Crippen molar-refractivity contribution in [2.24, 2.45) is 5.84 Å². The van der Waals surface area contributed by atoms with Crippen LogP contribution in [0.15, 0.2) is 17.5 Å². The number of nitrogens with one attached hydrogen (secondary N) is 2. The fourth-order valence-electron chi connectivity index (χ4n) is 1.06. The van der Waals surface area contributed by atoms with Gasteiger partial charge in [-0.3, -0.25) is 5.43 Å². The van der Waals surface area contributed by atoms with Crippen molar-refractivity contribution in [2.45, 2.75) is 19.4 Å². The molecule has 5 heteroatoms. The molecule has 0 aliphatic heterocycles. The number of hydrogen-bond donors (Lipinski definition) is 3. The molecule has 13 heavy (non-hydrogen) atoms. The molecule has 2 amide bonds. The SMILES string of the molecule is CCC(NC(=O)NN)c1cccs1. The van der Waals surface area contributed by atoms with Gasteiger partial charge < -0.3 is 5.32 Å². The Bertz CT molecular complexity index is 260. The molecule has 72 valence electrons. The van der Waals surface area contributed by atoms with Gasteiger partial charge >= 0.3 is 6.03 Å². The average molecular weight is 199 g/mol. The van der Waals surface area contributed by atoms with Gasteiger partial charge in [0.05, 0.1) is 6.04 Å². The molecule has 0 aliphatic rings. The summed E-state index contributed by atoms with van der Waals surface area (Å²) in [5.41, 5.74) is 2.05. The fraction of sp³-hybridized carbons (Fsp3) is 0.375.